The lowest BCUT2D eigenvalue weighted by atomic mass is 10.0. The zero-order valence-electron chi connectivity index (χ0n) is 16.3. The number of aliphatic hydroxyl groups excluding tert-OH is 1. The number of carboxylic acid groups (broad SMARTS) is 1. The van der Waals surface area contributed by atoms with E-state index in [0.29, 0.717) is 12.0 Å². The third-order valence-corrected chi connectivity index (χ3v) is 4.84. The molecule has 29 heavy (non-hydrogen) atoms. The fourth-order valence-electron chi connectivity index (χ4n) is 2.94. The number of phenolic OH excluding ortho intramolecular Hbond substituents is 1. The molecule has 5 N–H and O–H groups in total. The van der Waals surface area contributed by atoms with Gasteiger partial charge in [-0.25, -0.2) is 8.42 Å². The van der Waals surface area contributed by atoms with Gasteiger partial charge in [-0.2, -0.15) is 0 Å². The minimum Gasteiger partial charge on any atom is -0.506 e. The molecule has 2 aromatic carbocycles. The van der Waals surface area contributed by atoms with E-state index in [0.717, 1.165) is 17.4 Å². The minimum atomic E-state index is -3.56. The normalized spacial score (nSPS) is 13.6. The van der Waals surface area contributed by atoms with Crippen LogP contribution in [0.15, 0.2) is 42.5 Å². The topological polar surface area (TPSA) is 136 Å². The van der Waals surface area contributed by atoms with Gasteiger partial charge < -0.3 is 20.6 Å². The third-order valence-electron chi connectivity index (χ3n) is 4.25. The molecule has 8 nitrogen and oxygen atoms in total. The predicted molar refractivity (Wildman–Crippen MR) is 110 cm³/mol. The number of aliphatic hydroxyl groups is 1. The Morgan fingerprint density at radius 3 is 2.48 bits per heavy atom. The molecular formula is C20H26N2O6S. The molecule has 2 rings (SSSR count). The highest BCUT2D eigenvalue weighted by atomic mass is 32.2. The van der Waals surface area contributed by atoms with Crippen LogP contribution in [-0.2, 0) is 27.7 Å². The molecule has 9 heteroatoms. The second kappa shape index (κ2) is 9.73. The summed E-state index contributed by atoms with van der Waals surface area (Å²) in [6.07, 6.45) is 0.691. The van der Waals surface area contributed by atoms with Crippen LogP contribution < -0.4 is 10.0 Å². The van der Waals surface area contributed by atoms with Crippen LogP contribution in [0.1, 0.15) is 29.7 Å². The molecule has 0 bridgehead atoms. The molecular weight excluding hydrogens is 396 g/mol. The molecule has 0 heterocycles. The smallest absolute Gasteiger partial charge is 0.307 e. The quantitative estimate of drug-likeness (QED) is 0.367. The maximum atomic E-state index is 11.4. The van der Waals surface area contributed by atoms with Crippen molar-refractivity contribution in [2.75, 3.05) is 17.5 Å². The fraction of sp³-hybridized carbons (Fsp3) is 0.350. The lowest BCUT2D eigenvalue weighted by molar-refractivity contribution is -0.136. The highest BCUT2D eigenvalue weighted by molar-refractivity contribution is 7.92. The number of hydrogen-bond acceptors (Lipinski definition) is 6. The van der Waals surface area contributed by atoms with Gasteiger partial charge in [-0.15, -0.1) is 0 Å². The number of anilines is 1. The number of carbonyl (C=O) groups is 1. The summed E-state index contributed by atoms with van der Waals surface area (Å²) in [7, 11) is -3.56. The van der Waals surface area contributed by atoms with Gasteiger partial charge in [0.2, 0.25) is 10.0 Å². The summed E-state index contributed by atoms with van der Waals surface area (Å²) in [5, 5.41) is 32.3. The van der Waals surface area contributed by atoms with Crippen molar-refractivity contribution >= 4 is 21.7 Å². The average Bonchev–Trinajstić information content (AvgIpc) is 2.60. The number of rotatable bonds is 10. The van der Waals surface area contributed by atoms with Crippen molar-refractivity contribution in [1.29, 1.82) is 0 Å². The number of nitrogens with one attached hydrogen (secondary N) is 2. The standard InChI is InChI=1S/C20H26N2O6S/c1-13(8-14-4-3-5-15(9-14)10-20(25)26)21-12-19(24)16-6-7-18(23)17(11-16)22-29(2,27)28/h3-7,9,11,13,19,21-24H,8,10,12H2,1-2H3,(H,25,26)/t13-,19?/m1/s1. The lowest BCUT2D eigenvalue weighted by Crippen LogP contribution is -2.32. The van der Waals surface area contributed by atoms with Gasteiger partial charge in [-0.1, -0.05) is 30.3 Å². The molecule has 2 aromatic rings. The molecule has 0 fully saturated rings. The maximum Gasteiger partial charge on any atom is 0.307 e. The third kappa shape index (κ3) is 7.72. The summed E-state index contributed by atoms with van der Waals surface area (Å²) in [4.78, 5) is 10.8. The Kier molecular flexibility index (Phi) is 7.60. The van der Waals surface area contributed by atoms with Gasteiger partial charge in [-0.05, 0) is 42.2 Å². The molecule has 0 amide bonds. The summed E-state index contributed by atoms with van der Waals surface area (Å²) in [5.41, 5.74) is 2.18. The van der Waals surface area contributed by atoms with E-state index in [2.05, 4.69) is 10.0 Å². The van der Waals surface area contributed by atoms with Gasteiger partial charge in [0.15, 0.2) is 0 Å². The lowest BCUT2D eigenvalue weighted by Gasteiger charge is -2.19. The minimum absolute atomic E-state index is 0.00680. The van der Waals surface area contributed by atoms with E-state index in [4.69, 9.17) is 5.11 Å². The van der Waals surface area contributed by atoms with Gasteiger partial charge in [0.25, 0.3) is 0 Å². The van der Waals surface area contributed by atoms with Crippen LogP contribution in [0.25, 0.3) is 0 Å². The van der Waals surface area contributed by atoms with Gasteiger partial charge in [0.05, 0.1) is 24.5 Å². The Hall–Kier alpha value is -2.62. The largest absolute Gasteiger partial charge is 0.506 e. The molecule has 0 spiro atoms. The highest BCUT2D eigenvalue weighted by Crippen LogP contribution is 2.27. The summed E-state index contributed by atoms with van der Waals surface area (Å²) in [5.74, 6) is -1.11. The summed E-state index contributed by atoms with van der Waals surface area (Å²) in [6.45, 7) is 2.17. The van der Waals surface area contributed by atoms with E-state index in [1.807, 2.05) is 25.1 Å². The summed E-state index contributed by atoms with van der Waals surface area (Å²) in [6, 6.07) is 11.6. The van der Waals surface area contributed by atoms with Crippen molar-refractivity contribution in [2.24, 2.45) is 0 Å². The molecule has 0 radical (unpaired) electrons. The second-order valence-electron chi connectivity index (χ2n) is 7.07. The second-order valence-corrected chi connectivity index (χ2v) is 8.82. The van der Waals surface area contributed by atoms with Gasteiger partial charge in [0, 0.05) is 12.6 Å². The molecule has 0 aliphatic rings. The van der Waals surface area contributed by atoms with Gasteiger partial charge in [0.1, 0.15) is 5.75 Å². The number of carboxylic acids is 1. The first-order valence-corrected chi connectivity index (χ1v) is 10.9. The van der Waals surface area contributed by atoms with E-state index >= 15 is 0 Å². The Bertz CT molecular complexity index is 961. The number of aromatic hydroxyl groups is 1. The maximum absolute atomic E-state index is 11.4. The van der Waals surface area contributed by atoms with E-state index < -0.39 is 22.1 Å². The van der Waals surface area contributed by atoms with Crippen molar-refractivity contribution < 1.29 is 28.5 Å². The first-order chi connectivity index (χ1) is 13.5. The van der Waals surface area contributed by atoms with Gasteiger partial charge in [-0.3, -0.25) is 9.52 Å². The van der Waals surface area contributed by atoms with Crippen molar-refractivity contribution in [3.63, 3.8) is 0 Å². The van der Waals surface area contributed by atoms with Crippen LogP contribution in [0.3, 0.4) is 0 Å². The van der Waals surface area contributed by atoms with Crippen LogP contribution in [0.2, 0.25) is 0 Å². The molecule has 0 saturated carbocycles. The monoisotopic (exact) mass is 422 g/mol. The Morgan fingerprint density at radius 1 is 1.14 bits per heavy atom. The first-order valence-electron chi connectivity index (χ1n) is 9.05. The molecule has 0 aromatic heterocycles. The predicted octanol–water partition coefficient (Wildman–Crippen LogP) is 1.64. The number of hydrogen-bond donors (Lipinski definition) is 5. The molecule has 0 aliphatic heterocycles. The molecule has 0 saturated heterocycles. The first kappa shape index (κ1) is 22.7. The molecule has 2 atom stereocenters. The van der Waals surface area contributed by atoms with E-state index in [9.17, 15) is 23.4 Å². The Balaban J connectivity index is 1.95. The fourth-order valence-corrected chi connectivity index (χ4v) is 3.50. The zero-order valence-corrected chi connectivity index (χ0v) is 17.1. The number of benzene rings is 2. The zero-order chi connectivity index (χ0) is 21.6. The molecule has 1 unspecified atom stereocenters. The van der Waals surface area contributed by atoms with E-state index in [1.165, 1.54) is 18.2 Å². The summed E-state index contributed by atoms with van der Waals surface area (Å²) < 4.78 is 25.0. The summed E-state index contributed by atoms with van der Waals surface area (Å²) >= 11 is 0. The number of phenols is 1. The Morgan fingerprint density at radius 2 is 1.83 bits per heavy atom. The van der Waals surface area contributed by atoms with Crippen molar-refractivity contribution in [3.8, 4) is 5.75 Å². The van der Waals surface area contributed by atoms with Crippen molar-refractivity contribution in [1.82, 2.24) is 5.32 Å². The number of sulfonamides is 1. The van der Waals surface area contributed by atoms with E-state index in [1.54, 1.807) is 6.07 Å². The molecule has 158 valence electrons. The SMILES string of the molecule is C[C@H](Cc1cccc(CC(=O)O)c1)NCC(O)c1ccc(O)c(NS(C)(=O)=O)c1. The van der Waals surface area contributed by atoms with Crippen LogP contribution in [0.4, 0.5) is 5.69 Å². The van der Waals surface area contributed by atoms with Crippen LogP contribution in [-0.4, -0.2) is 48.5 Å². The number of aliphatic carboxylic acids is 1. The van der Waals surface area contributed by atoms with Gasteiger partial charge >= 0.3 is 5.97 Å². The van der Waals surface area contributed by atoms with Crippen molar-refractivity contribution in [2.45, 2.75) is 31.9 Å². The average molecular weight is 423 g/mol. The van der Waals surface area contributed by atoms with Crippen LogP contribution in [0.5, 0.6) is 5.75 Å². The van der Waals surface area contributed by atoms with Crippen LogP contribution in [0, 0.1) is 0 Å². The van der Waals surface area contributed by atoms with Crippen LogP contribution >= 0.6 is 0 Å². The Labute approximate surface area is 170 Å². The van der Waals surface area contributed by atoms with Crippen molar-refractivity contribution in [3.05, 3.63) is 59.2 Å². The molecule has 0 aliphatic carbocycles. The highest BCUT2D eigenvalue weighted by Gasteiger charge is 2.14. The van der Waals surface area contributed by atoms with E-state index in [-0.39, 0.29) is 30.4 Å².